The predicted octanol–water partition coefficient (Wildman–Crippen LogP) is -8.14. The molecule has 0 unspecified atom stereocenters. The minimum Gasteiger partial charge on any atom is -1.00 e. The van der Waals surface area contributed by atoms with Gasteiger partial charge in [0.1, 0.15) is 0 Å². The second kappa shape index (κ2) is 20.8. The van der Waals surface area contributed by atoms with E-state index in [4.69, 9.17) is 48.9 Å². The number of hydrogen-bond acceptors (Lipinski definition) is 4. The van der Waals surface area contributed by atoms with E-state index in [1.54, 1.807) is 0 Å². The summed E-state index contributed by atoms with van der Waals surface area (Å²) in [6.45, 7) is 7.88. The van der Waals surface area contributed by atoms with E-state index < -0.39 is 0 Å². The van der Waals surface area contributed by atoms with Crippen molar-refractivity contribution in [3.8, 4) is 0 Å². The topological polar surface area (TPSA) is 96.2 Å². The van der Waals surface area contributed by atoms with E-state index in [1.807, 2.05) is 0 Å². The minimum atomic E-state index is 0. The summed E-state index contributed by atoms with van der Waals surface area (Å²) >= 11 is 18.8. The fourth-order valence-corrected chi connectivity index (χ4v) is 2.47. The van der Waals surface area contributed by atoms with Gasteiger partial charge >= 0.3 is 21.1 Å². The molecule has 4 aliphatic rings. The Balaban J connectivity index is -0.000000274. The summed E-state index contributed by atoms with van der Waals surface area (Å²) in [5.41, 5.74) is 0. The van der Waals surface area contributed by atoms with Gasteiger partial charge in [-0.2, -0.15) is 0 Å². The first-order valence-electron chi connectivity index (χ1n) is 7.64. The average Bonchev–Trinajstić information content (AvgIpc) is 3.31. The summed E-state index contributed by atoms with van der Waals surface area (Å²) in [5, 5.41) is 26.7. The molecular weight excluding hydrogens is 650 g/mol. The summed E-state index contributed by atoms with van der Waals surface area (Å²) < 4.78 is 0. The molecule has 8 nitrogen and oxygen atoms in total. The summed E-state index contributed by atoms with van der Waals surface area (Å²) in [5.74, 6) is 0. The van der Waals surface area contributed by atoms with Crippen LogP contribution in [0.5, 0.6) is 0 Å². The van der Waals surface area contributed by atoms with Crippen molar-refractivity contribution >= 4 is 69.3 Å². The third-order valence-corrected chi connectivity index (χ3v) is 3.94. The van der Waals surface area contributed by atoms with Gasteiger partial charge in [-0.25, -0.2) is 0 Å². The van der Waals surface area contributed by atoms with Crippen LogP contribution in [0.2, 0.25) is 0 Å². The Morgan fingerprint density at radius 2 is 0.481 bits per heavy atom. The van der Waals surface area contributed by atoms with Gasteiger partial charge in [-0.05, 0) is 48.9 Å². The van der Waals surface area contributed by atoms with Gasteiger partial charge in [-0.15, -0.1) is 0 Å². The Bertz CT molecular complexity index is 349. The molecule has 0 saturated carbocycles. The van der Waals surface area contributed by atoms with Crippen LogP contribution in [-0.2, 0) is 21.1 Å². The van der Waals surface area contributed by atoms with Crippen molar-refractivity contribution in [3.63, 3.8) is 0 Å². The molecule has 8 N–H and O–H groups in total. The molecule has 4 heterocycles. The number of hydrogen-bond donors (Lipinski definition) is 8. The Kier molecular flexibility index (Phi) is 24.4. The normalized spacial score (nSPS) is 17.5. The molecule has 0 aromatic rings. The Hall–Kier alpha value is 0.0283. The van der Waals surface area contributed by atoms with Crippen molar-refractivity contribution in [3.05, 3.63) is 0 Å². The van der Waals surface area contributed by atoms with Gasteiger partial charge in [0.25, 0.3) is 0 Å². The van der Waals surface area contributed by atoms with Crippen LogP contribution in [0.4, 0.5) is 0 Å². The predicted molar refractivity (Wildman–Crippen MR) is 114 cm³/mol. The van der Waals surface area contributed by atoms with E-state index in [1.165, 1.54) is 0 Å². The van der Waals surface area contributed by atoms with Crippen molar-refractivity contribution in [1.82, 2.24) is 42.5 Å². The van der Waals surface area contributed by atoms with E-state index >= 15 is 0 Å². The van der Waals surface area contributed by atoms with Gasteiger partial charge in [-0.3, -0.25) is 0 Å². The average molecular weight is 675 g/mol. The van der Waals surface area contributed by atoms with Crippen LogP contribution >= 0.6 is 48.9 Å². The van der Waals surface area contributed by atoms with E-state index in [0.29, 0.717) is 0 Å². The third kappa shape index (κ3) is 19.1. The van der Waals surface area contributed by atoms with Gasteiger partial charge in [-0.1, -0.05) is 0 Å². The van der Waals surface area contributed by atoms with E-state index in [0.717, 1.165) is 72.8 Å². The molecule has 4 saturated heterocycles. The first kappa shape index (κ1) is 31.7. The maximum Gasteiger partial charge on any atom is 2.00 e. The molecule has 4 aliphatic heterocycles. The second-order valence-electron chi connectivity index (χ2n) is 4.73. The standard InChI is InChI=1S/4C3H6N2S.2ClH.Pt/c4*6-3-4-1-2-5-3;;;/h4*1-2H2,(H2,4,5,6);2*1H;/q;;;;;;+2/p-2. The monoisotopic (exact) mass is 673 g/mol. The second-order valence-corrected chi connectivity index (χ2v) is 6.36. The van der Waals surface area contributed by atoms with Crippen LogP contribution in [0.3, 0.4) is 0 Å². The molecule has 4 fully saturated rings. The molecule has 0 radical (unpaired) electrons. The molecule has 0 spiro atoms. The zero-order valence-corrected chi connectivity index (χ0v) is 21.4. The Labute approximate surface area is 208 Å². The van der Waals surface area contributed by atoms with Crippen LogP contribution in [0, 0.1) is 0 Å². The Morgan fingerprint density at radius 1 is 0.370 bits per heavy atom. The summed E-state index contributed by atoms with van der Waals surface area (Å²) in [6, 6.07) is 0. The fourth-order valence-electron chi connectivity index (χ4n) is 1.66. The molecule has 4 rings (SSSR count). The fraction of sp³-hybridized carbons (Fsp3) is 0.667. The van der Waals surface area contributed by atoms with Crippen molar-refractivity contribution in [1.29, 1.82) is 0 Å². The molecule has 0 aromatic carbocycles. The number of halogens is 2. The first-order valence-corrected chi connectivity index (χ1v) is 9.28. The molecule has 160 valence electrons. The molecule has 0 amide bonds. The summed E-state index contributed by atoms with van der Waals surface area (Å²) in [4.78, 5) is 0. The largest absolute Gasteiger partial charge is 2.00 e. The van der Waals surface area contributed by atoms with Crippen molar-refractivity contribution < 1.29 is 45.9 Å². The maximum absolute atomic E-state index is 4.70. The number of rotatable bonds is 0. The zero-order valence-electron chi connectivity index (χ0n) is 14.4. The van der Waals surface area contributed by atoms with Gasteiger partial charge in [0.15, 0.2) is 20.4 Å². The minimum absolute atomic E-state index is 0. The van der Waals surface area contributed by atoms with Gasteiger partial charge in [0, 0.05) is 52.4 Å². The molecular formula is C12H24Cl2N8PtS4. The van der Waals surface area contributed by atoms with Crippen molar-refractivity contribution in [2.75, 3.05) is 52.4 Å². The third-order valence-electron chi connectivity index (χ3n) is 2.78. The zero-order chi connectivity index (χ0) is 17.6. The van der Waals surface area contributed by atoms with Crippen molar-refractivity contribution in [2.24, 2.45) is 0 Å². The van der Waals surface area contributed by atoms with Gasteiger partial charge < -0.3 is 67.3 Å². The smallest absolute Gasteiger partial charge is 1.00 e. The maximum atomic E-state index is 4.70. The van der Waals surface area contributed by atoms with Crippen LogP contribution < -0.4 is 67.3 Å². The number of nitrogens with one attached hydrogen (secondary N) is 8. The SMILES string of the molecule is S=C1NCCN1.S=C1NCCN1.S=C1NCCN1.S=C1NCCN1.[Cl-].[Cl-].[Pt+2]. The number of thiocarbonyl (C=S) groups is 4. The first-order chi connectivity index (χ1) is 11.6. The van der Waals surface area contributed by atoms with Gasteiger partial charge in [0.05, 0.1) is 0 Å². The molecule has 0 atom stereocenters. The molecule has 0 bridgehead atoms. The molecule has 27 heavy (non-hydrogen) atoms. The summed E-state index contributed by atoms with van der Waals surface area (Å²) in [7, 11) is 0. The van der Waals surface area contributed by atoms with Gasteiger partial charge in [0.2, 0.25) is 0 Å². The Morgan fingerprint density at radius 3 is 0.519 bits per heavy atom. The van der Waals surface area contributed by atoms with Crippen LogP contribution in [-0.4, -0.2) is 72.8 Å². The van der Waals surface area contributed by atoms with E-state index in [2.05, 4.69) is 42.5 Å². The molecule has 15 heteroatoms. The van der Waals surface area contributed by atoms with Crippen LogP contribution in [0.1, 0.15) is 0 Å². The molecule has 0 aliphatic carbocycles. The van der Waals surface area contributed by atoms with Crippen LogP contribution in [0.15, 0.2) is 0 Å². The quantitative estimate of drug-likeness (QED) is 0.118. The summed E-state index contributed by atoms with van der Waals surface area (Å²) in [6.07, 6.45) is 0. The van der Waals surface area contributed by atoms with E-state index in [-0.39, 0.29) is 45.9 Å². The van der Waals surface area contributed by atoms with Crippen LogP contribution in [0.25, 0.3) is 0 Å². The van der Waals surface area contributed by atoms with E-state index in [9.17, 15) is 0 Å². The van der Waals surface area contributed by atoms with Crippen molar-refractivity contribution in [2.45, 2.75) is 0 Å². The molecule has 0 aromatic heterocycles.